The van der Waals surface area contributed by atoms with Gasteiger partial charge < -0.3 is 14.4 Å². The van der Waals surface area contributed by atoms with E-state index < -0.39 is 5.54 Å². The number of hydrogen-bond acceptors (Lipinski definition) is 6. The van der Waals surface area contributed by atoms with Crippen LogP contribution < -0.4 is 9.47 Å². The van der Waals surface area contributed by atoms with E-state index in [1.54, 1.807) is 60.2 Å². The van der Waals surface area contributed by atoms with Gasteiger partial charge in [0, 0.05) is 45.4 Å². The molecule has 3 aromatic carbocycles. The van der Waals surface area contributed by atoms with E-state index in [0.717, 1.165) is 11.1 Å². The van der Waals surface area contributed by atoms with Crippen molar-refractivity contribution in [3.63, 3.8) is 0 Å². The average molecular weight is 577 g/mol. The van der Waals surface area contributed by atoms with Gasteiger partial charge in [0.2, 0.25) is 6.08 Å². The maximum atomic E-state index is 13.7. The van der Waals surface area contributed by atoms with Crippen molar-refractivity contribution in [2.75, 3.05) is 14.2 Å². The van der Waals surface area contributed by atoms with Crippen molar-refractivity contribution in [3.05, 3.63) is 75.9 Å². The SMILES string of the molecule is COc1cc2c(cc1-c1ccc(N=C=O)cc1)-c1c(c(C(=O)N(C)C(C)(C)C)nn1-c1cc(Cl)cc(Cl)c1)CO2. The van der Waals surface area contributed by atoms with Crippen molar-refractivity contribution >= 4 is 40.9 Å². The lowest BCUT2D eigenvalue weighted by atomic mass is 9.95. The summed E-state index contributed by atoms with van der Waals surface area (Å²) in [5, 5.41) is 5.68. The molecule has 0 aliphatic carbocycles. The monoisotopic (exact) mass is 576 g/mol. The molecule has 4 aromatic rings. The zero-order valence-corrected chi connectivity index (χ0v) is 24.1. The number of halogens is 2. The van der Waals surface area contributed by atoms with E-state index in [-0.39, 0.29) is 18.2 Å². The second-order valence-electron chi connectivity index (χ2n) is 10.3. The Bertz CT molecular complexity index is 1660. The lowest BCUT2D eigenvalue weighted by molar-refractivity contribution is 0.0646. The van der Waals surface area contributed by atoms with Crippen LogP contribution in [0.1, 0.15) is 36.8 Å². The van der Waals surface area contributed by atoms with Gasteiger partial charge in [0.1, 0.15) is 18.1 Å². The molecular formula is C30H26Cl2N4O4. The van der Waals surface area contributed by atoms with Crippen LogP contribution in [-0.4, -0.2) is 46.4 Å². The van der Waals surface area contributed by atoms with E-state index in [9.17, 15) is 9.59 Å². The molecule has 10 heteroatoms. The second-order valence-corrected chi connectivity index (χ2v) is 11.2. The molecule has 204 valence electrons. The van der Waals surface area contributed by atoms with Crippen molar-refractivity contribution in [2.45, 2.75) is 32.9 Å². The van der Waals surface area contributed by atoms with Gasteiger partial charge in [0.25, 0.3) is 5.91 Å². The fraction of sp³-hybridized carbons (Fsp3) is 0.233. The van der Waals surface area contributed by atoms with Crippen LogP contribution in [0.5, 0.6) is 11.5 Å². The number of carbonyl (C=O) groups is 1. The van der Waals surface area contributed by atoms with Gasteiger partial charge >= 0.3 is 0 Å². The highest BCUT2D eigenvalue weighted by Crippen LogP contribution is 2.46. The standard InChI is InChI=1S/C30H26Cl2N4O4/c1-30(2,3)35(4)29(38)27-24-15-40-26-14-25(39-5)22(17-6-8-20(9-7-17)33-16-37)13-23(26)28(24)36(34-27)21-11-18(31)10-19(32)12-21/h6-14H,15H2,1-5H3. The van der Waals surface area contributed by atoms with Crippen molar-refractivity contribution in [3.8, 4) is 39.6 Å². The van der Waals surface area contributed by atoms with Gasteiger partial charge in [-0.15, -0.1) is 0 Å². The Kier molecular flexibility index (Phi) is 7.19. The van der Waals surface area contributed by atoms with Crippen molar-refractivity contribution < 1.29 is 19.1 Å². The first-order valence-electron chi connectivity index (χ1n) is 12.4. The molecule has 5 rings (SSSR count). The summed E-state index contributed by atoms with van der Waals surface area (Å²) in [4.78, 5) is 29.7. The average Bonchev–Trinajstić information content (AvgIpc) is 3.31. The van der Waals surface area contributed by atoms with Crippen LogP contribution in [0.3, 0.4) is 0 Å². The van der Waals surface area contributed by atoms with Crippen LogP contribution in [0, 0.1) is 0 Å². The van der Waals surface area contributed by atoms with E-state index in [4.69, 9.17) is 37.8 Å². The molecule has 0 spiro atoms. The van der Waals surface area contributed by atoms with E-state index >= 15 is 0 Å². The predicted octanol–water partition coefficient (Wildman–Crippen LogP) is 7.25. The van der Waals surface area contributed by atoms with Crippen LogP contribution in [0.25, 0.3) is 28.1 Å². The first-order chi connectivity index (χ1) is 19.0. The van der Waals surface area contributed by atoms with Gasteiger partial charge in [-0.25, -0.2) is 9.48 Å². The number of isocyanates is 1. The number of carbonyl (C=O) groups excluding carboxylic acids is 2. The molecule has 0 saturated carbocycles. The molecule has 40 heavy (non-hydrogen) atoms. The highest BCUT2D eigenvalue weighted by molar-refractivity contribution is 6.34. The Hall–Kier alpha value is -4.10. The largest absolute Gasteiger partial charge is 0.496 e. The minimum absolute atomic E-state index is 0.136. The number of fused-ring (bicyclic) bond motifs is 3. The van der Waals surface area contributed by atoms with Crippen LogP contribution in [0.2, 0.25) is 10.0 Å². The molecule has 1 aromatic heterocycles. The smallest absolute Gasteiger partial charge is 0.274 e. The second kappa shape index (κ2) is 10.5. The number of methoxy groups -OCH3 is 1. The maximum absolute atomic E-state index is 13.7. The number of nitrogens with zero attached hydrogens (tertiary/aromatic N) is 4. The highest BCUT2D eigenvalue weighted by atomic mass is 35.5. The normalized spacial score (nSPS) is 12.1. The van der Waals surface area contributed by atoms with Gasteiger partial charge in [0.15, 0.2) is 5.69 Å². The quantitative estimate of drug-likeness (QED) is 0.184. The van der Waals surface area contributed by atoms with Gasteiger partial charge in [-0.05, 0) is 62.7 Å². The molecule has 0 saturated heterocycles. The highest BCUT2D eigenvalue weighted by Gasteiger charge is 2.34. The summed E-state index contributed by atoms with van der Waals surface area (Å²) in [6.45, 7) is 6.01. The topological polar surface area (TPSA) is 86.0 Å². The molecule has 1 aliphatic rings. The lowest BCUT2D eigenvalue weighted by Crippen LogP contribution is -2.43. The fourth-order valence-electron chi connectivity index (χ4n) is 4.53. The summed E-state index contributed by atoms with van der Waals surface area (Å²) in [5.41, 5.74) is 4.61. The number of aromatic nitrogens is 2. The predicted molar refractivity (Wildman–Crippen MR) is 155 cm³/mol. The van der Waals surface area contributed by atoms with Crippen LogP contribution in [0.15, 0.2) is 59.6 Å². The summed E-state index contributed by atoms with van der Waals surface area (Å²) in [6, 6.07) is 16.0. The zero-order chi connectivity index (χ0) is 28.8. The Morgan fingerprint density at radius 1 is 1.07 bits per heavy atom. The third-order valence-corrected chi connectivity index (χ3v) is 7.31. The number of aliphatic imine (C=N–C) groups is 1. The summed E-state index contributed by atoms with van der Waals surface area (Å²) in [5.74, 6) is 0.935. The Balaban J connectivity index is 1.77. The Labute approximate surface area is 241 Å². The fourth-order valence-corrected chi connectivity index (χ4v) is 5.04. The number of ether oxygens (including phenoxy) is 2. The van der Waals surface area contributed by atoms with E-state index in [2.05, 4.69) is 4.99 Å². The van der Waals surface area contributed by atoms with Gasteiger partial charge in [-0.2, -0.15) is 10.1 Å². The number of hydrogen-bond donors (Lipinski definition) is 0. The molecule has 0 atom stereocenters. The van der Waals surface area contributed by atoms with Gasteiger partial charge in [-0.3, -0.25) is 4.79 Å². The van der Waals surface area contributed by atoms with Crippen LogP contribution >= 0.6 is 23.2 Å². The lowest BCUT2D eigenvalue weighted by Gasteiger charge is -2.31. The third kappa shape index (κ3) is 4.97. The first kappa shape index (κ1) is 27.5. The van der Waals surface area contributed by atoms with Crippen molar-refractivity contribution in [1.29, 1.82) is 0 Å². The van der Waals surface area contributed by atoms with E-state index in [1.807, 2.05) is 45.0 Å². The number of benzene rings is 3. The molecule has 0 bridgehead atoms. The Morgan fingerprint density at radius 2 is 1.75 bits per heavy atom. The summed E-state index contributed by atoms with van der Waals surface area (Å²) < 4.78 is 13.6. The van der Waals surface area contributed by atoms with E-state index in [1.165, 1.54) is 0 Å². The summed E-state index contributed by atoms with van der Waals surface area (Å²) in [6.07, 6.45) is 1.55. The Morgan fingerprint density at radius 3 is 2.35 bits per heavy atom. The minimum Gasteiger partial charge on any atom is -0.496 e. The van der Waals surface area contributed by atoms with Gasteiger partial charge in [0.05, 0.1) is 24.2 Å². The number of amides is 1. The molecule has 0 fully saturated rings. The van der Waals surface area contributed by atoms with Gasteiger partial charge in [-0.1, -0.05) is 35.3 Å². The maximum Gasteiger partial charge on any atom is 0.274 e. The van der Waals surface area contributed by atoms with E-state index in [0.29, 0.717) is 49.7 Å². The molecular weight excluding hydrogens is 551 g/mol. The van der Waals surface area contributed by atoms with Crippen LogP contribution in [-0.2, 0) is 11.4 Å². The van der Waals surface area contributed by atoms with Crippen LogP contribution in [0.4, 0.5) is 5.69 Å². The molecule has 0 unspecified atom stereocenters. The molecule has 2 heterocycles. The zero-order valence-electron chi connectivity index (χ0n) is 22.6. The third-order valence-electron chi connectivity index (χ3n) is 6.87. The summed E-state index contributed by atoms with van der Waals surface area (Å²) >= 11 is 12.7. The molecule has 0 radical (unpaired) electrons. The number of rotatable bonds is 5. The summed E-state index contributed by atoms with van der Waals surface area (Å²) in [7, 11) is 3.34. The van der Waals surface area contributed by atoms with Crippen molar-refractivity contribution in [2.24, 2.45) is 4.99 Å². The molecule has 1 aliphatic heterocycles. The van der Waals surface area contributed by atoms with Crippen molar-refractivity contribution in [1.82, 2.24) is 14.7 Å². The minimum atomic E-state index is -0.429. The molecule has 0 N–H and O–H groups in total. The molecule has 1 amide bonds. The molecule has 8 nitrogen and oxygen atoms in total. The first-order valence-corrected chi connectivity index (χ1v) is 13.2.